The number of hydrogen-bond acceptors (Lipinski definition) is 2. The lowest BCUT2D eigenvalue weighted by molar-refractivity contribution is 0.584. The van der Waals surface area contributed by atoms with Gasteiger partial charge in [-0.1, -0.05) is 0 Å². The Hall–Kier alpha value is -0.640. The van der Waals surface area contributed by atoms with Crippen LogP contribution in [0.25, 0.3) is 0 Å². The van der Waals surface area contributed by atoms with Crippen molar-refractivity contribution in [1.29, 1.82) is 0 Å². The molecule has 0 amide bonds. The molecular formula is C6H5F2NS. The van der Waals surface area contributed by atoms with Crippen LogP contribution in [0.5, 0.6) is 0 Å². The molecule has 1 aromatic rings. The topological polar surface area (TPSA) is 12.9 Å². The van der Waals surface area contributed by atoms with Crippen molar-refractivity contribution in [2.24, 2.45) is 0 Å². The largest absolute Gasteiger partial charge is 0.244 e. The van der Waals surface area contributed by atoms with E-state index in [4.69, 9.17) is 0 Å². The van der Waals surface area contributed by atoms with Gasteiger partial charge in [-0.15, -0.1) is 0 Å². The summed E-state index contributed by atoms with van der Waals surface area (Å²) in [5.74, 6) is -0.604. The van der Waals surface area contributed by atoms with Gasteiger partial charge in [-0.2, -0.15) is 3.89 Å². The van der Waals surface area contributed by atoms with Gasteiger partial charge in [0.1, 0.15) is 12.1 Å². The molecule has 0 aromatic carbocycles. The molecule has 0 aliphatic rings. The maximum absolute atomic E-state index is 12.5. The average Bonchev–Trinajstić information content (AvgIpc) is 1.88. The third-order valence-electron chi connectivity index (χ3n) is 1.02. The minimum atomic E-state index is -0.604. The lowest BCUT2D eigenvalue weighted by Gasteiger charge is -1.94. The Morgan fingerprint density at radius 1 is 1.60 bits per heavy atom. The van der Waals surface area contributed by atoms with E-state index >= 15 is 0 Å². The van der Waals surface area contributed by atoms with E-state index in [2.05, 4.69) is 4.98 Å². The van der Waals surface area contributed by atoms with E-state index in [1.807, 2.05) is 0 Å². The molecule has 1 nitrogen and oxygen atoms in total. The van der Waals surface area contributed by atoms with Crippen molar-refractivity contribution in [1.82, 2.24) is 4.98 Å². The van der Waals surface area contributed by atoms with Crippen LogP contribution in [0.2, 0.25) is 0 Å². The quantitative estimate of drug-likeness (QED) is 0.627. The molecule has 1 rings (SSSR count). The average molecular weight is 161 g/mol. The zero-order valence-corrected chi connectivity index (χ0v) is 6.08. The standard InChI is InChI=1S/C6H5F2NS/c1-4-2-5(7)6(10-8)9-3-4/h2-3H,1H3. The Labute approximate surface area is 61.8 Å². The Balaban J connectivity index is 3.07. The van der Waals surface area contributed by atoms with Crippen molar-refractivity contribution in [2.75, 3.05) is 0 Å². The molecule has 0 saturated heterocycles. The van der Waals surface area contributed by atoms with Crippen molar-refractivity contribution in [3.8, 4) is 0 Å². The number of aryl methyl sites for hydroxylation is 1. The van der Waals surface area contributed by atoms with Crippen molar-refractivity contribution < 1.29 is 8.28 Å². The van der Waals surface area contributed by atoms with Crippen molar-refractivity contribution in [3.63, 3.8) is 0 Å². The van der Waals surface area contributed by atoms with E-state index in [0.29, 0.717) is 5.56 Å². The Kier molecular flexibility index (Phi) is 2.21. The lowest BCUT2D eigenvalue weighted by Crippen LogP contribution is -1.85. The number of hydrogen-bond donors (Lipinski definition) is 0. The molecule has 0 fully saturated rings. The molecule has 0 spiro atoms. The Bertz CT molecular complexity index is 239. The highest BCUT2D eigenvalue weighted by Crippen LogP contribution is 2.19. The minimum Gasteiger partial charge on any atom is -0.244 e. The number of halogens is 2. The summed E-state index contributed by atoms with van der Waals surface area (Å²) in [7, 11) is 0. The molecule has 0 N–H and O–H groups in total. The Morgan fingerprint density at radius 3 is 2.80 bits per heavy atom. The fourth-order valence-corrected chi connectivity index (χ4v) is 0.803. The molecule has 0 bridgehead atoms. The van der Waals surface area contributed by atoms with E-state index in [0.717, 1.165) is 0 Å². The van der Waals surface area contributed by atoms with Crippen LogP contribution in [-0.4, -0.2) is 4.98 Å². The first-order valence-electron chi connectivity index (χ1n) is 2.65. The molecule has 0 aliphatic carbocycles. The summed E-state index contributed by atoms with van der Waals surface area (Å²) < 4.78 is 24.3. The Morgan fingerprint density at radius 2 is 2.30 bits per heavy atom. The van der Waals surface area contributed by atoms with E-state index in [1.54, 1.807) is 6.92 Å². The first-order valence-corrected chi connectivity index (χ1v) is 3.36. The van der Waals surface area contributed by atoms with E-state index in [9.17, 15) is 8.28 Å². The summed E-state index contributed by atoms with van der Waals surface area (Å²) in [5, 5.41) is -0.203. The second-order valence-electron chi connectivity index (χ2n) is 1.88. The van der Waals surface area contributed by atoms with Gasteiger partial charge in [-0.05, 0) is 18.6 Å². The van der Waals surface area contributed by atoms with Gasteiger partial charge in [-0.3, -0.25) is 0 Å². The molecule has 54 valence electrons. The maximum Gasteiger partial charge on any atom is 0.164 e. The number of pyridine rings is 1. The van der Waals surface area contributed by atoms with Crippen LogP contribution in [0, 0.1) is 12.7 Å². The van der Waals surface area contributed by atoms with E-state index in [1.165, 1.54) is 12.3 Å². The normalized spacial score (nSPS) is 9.90. The molecule has 4 heteroatoms. The first-order chi connectivity index (χ1) is 4.74. The van der Waals surface area contributed by atoms with Crippen LogP contribution in [0.1, 0.15) is 5.56 Å². The highest BCUT2D eigenvalue weighted by atomic mass is 32.2. The summed E-state index contributed by atoms with van der Waals surface area (Å²) in [5.41, 5.74) is 0.690. The predicted octanol–water partition coefficient (Wildman–Crippen LogP) is 2.51. The monoisotopic (exact) mass is 161 g/mol. The van der Waals surface area contributed by atoms with Crippen LogP contribution in [0.15, 0.2) is 17.3 Å². The maximum atomic E-state index is 12.5. The number of rotatable bonds is 1. The molecule has 0 unspecified atom stereocenters. The summed E-state index contributed by atoms with van der Waals surface area (Å²) in [6, 6.07) is 1.24. The minimum absolute atomic E-state index is 0.182. The zero-order valence-electron chi connectivity index (χ0n) is 5.27. The summed E-state index contributed by atoms with van der Waals surface area (Å²) in [6.45, 7) is 1.70. The van der Waals surface area contributed by atoms with Crippen LogP contribution in [0.4, 0.5) is 8.28 Å². The van der Waals surface area contributed by atoms with Gasteiger partial charge < -0.3 is 0 Å². The molecular weight excluding hydrogens is 156 g/mol. The van der Waals surface area contributed by atoms with Gasteiger partial charge in [0.05, 0.1) is 0 Å². The van der Waals surface area contributed by atoms with Crippen molar-refractivity contribution >= 4 is 12.1 Å². The highest BCUT2D eigenvalue weighted by molar-refractivity contribution is 7.94. The highest BCUT2D eigenvalue weighted by Gasteiger charge is 2.02. The number of nitrogens with zero attached hydrogens (tertiary/aromatic N) is 1. The van der Waals surface area contributed by atoms with Gasteiger partial charge >= 0.3 is 0 Å². The van der Waals surface area contributed by atoms with Crippen molar-refractivity contribution in [3.05, 3.63) is 23.6 Å². The third-order valence-corrected chi connectivity index (χ3v) is 1.46. The number of aromatic nitrogens is 1. The van der Waals surface area contributed by atoms with Crippen LogP contribution < -0.4 is 0 Å². The van der Waals surface area contributed by atoms with E-state index in [-0.39, 0.29) is 17.2 Å². The summed E-state index contributed by atoms with van der Waals surface area (Å²) in [4.78, 5) is 3.51. The van der Waals surface area contributed by atoms with Crippen molar-refractivity contribution in [2.45, 2.75) is 11.9 Å². The summed E-state index contributed by atoms with van der Waals surface area (Å²) >= 11 is -0.182. The molecule has 0 aliphatic heterocycles. The molecule has 1 aromatic heterocycles. The van der Waals surface area contributed by atoms with Gasteiger partial charge in [-0.25, -0.2) is 9.37 Å². The van der Waals surface area contributed by atoms with Crippen LogP contribution >= 0.6 is 12.1 Å². The smallest absolute Gasteiger partial charge is 0.164 e. The van der Waals surface area contributed by atoms with Gasteiger partial charge in [0.2, 0.25) is 0 Å². The summed E-state index contributed by atoms with van der Waals surface area (Å²) in [6.07, 6.45) is 1.42. The van der Waals surface area contributed by atoms with Gasteiger partial charge in [0.25, 0.3) is 0 Å². The molecule has 0 atom stereocenters. The zero-order chi connectivity index (χ0) is 7.56. The second kappa shape index (κ2) is 2.96. The van der Waals surface area contributed by atoms with Crippen LogP contribution in [-0.2, 0) is 0 Å². The lowest BCUT2D eigenvalue weighted by atomic mass is 10.3. The second-order valence-corrected chi connectivity index (χ2v) is 2.42. The fraction of sp³-hybridized carbons (Fsp3) is 0.167. The predicted molar refractivity (Wildman–Crippen MR) is 35.9 cm³/mol. The SMILES string of the molecule is Cc1cnc(SF)c(F)c1. The van der Waals surface area contributed by atoms with Gasteiger partial charge in [0, 0.05) is 6.20 Å². The molecule has 0 saturated carbocycles. The third kappa shape index (κ3) is 1.44. The van der Waals surface area contributed by atoms with Gasteiger partial charge in [0.15, 0.2) is 10.8 Å². The first kappa shape index (κ1) is 7.47. The van der Waals surface area contributed by atoms with E-state index < -0.39 is 5.82 Å². The van der Waals surface area contributed by atoms with Crippen LogP contribution in [0.3, 0.4) is 0 Å². The molecule has 0 radical (unpaired) electrons. The molecule has 10 heavy (non-hydrogen) atoms. The molecule has 1 heterocycles. The fourth-order valence-electron chi connectivity index (χ4n) is 0.578.